The second-order valence-electron chi connectivity index (χ2n) is 12.8. The largest absolute Gasteiger partial charge is 0.445 e. The molecule has 0 aromatic heterocycles. The zero-order chi connectivity index (χ0) is 36.3. The van der Waals surface area contributed by atoms with Crippen molar-refractivity contribution in [3.05, 3.63) is 71.3 Å². The number of nitrogens with two attached hydrogens (primary N) is 4. The summed E-state index contributed by atoms with van der Waals surface area (Å²) in [5, 5.41) is 16.1. The average Bonchev–Trinajstić information content (AvgIpc) is 3.10. The monoisotopic (exact) mass is 691 g/mol. The first kappa shape index (κ1) is 39.3. The van der Waals surface area contributed by atoms with Gasteiger partial charge in [0.05, 0.1) is 0 Å². The number of primary amides is 1. The number of nitrogens with one attached hydrogen (secondary N) is 4. The van der Waals surface area contributed by atoms with E-state index < -0.39 is 30.0 Å². The lowest BCUT2D eigenvalue weighted by atomic mass is 9.76. The summed E-state index contributed by atoms with van der Waals surface area (Å²) in [5.41, 5.74) is 24.4. The van der Waals surface area contributed by atoms with E-state index in [4.69, 9.17) is 33.1 Å². The van der Waals surface area contributed by atoms with Crippen LogP contribution >= 0.6 is 0 Å². The van der Waals surface area contributed by atoms with Crippen molar-refractivity contribution in [1.29, 1.82) is 5.41 Å². The van der Waals surface area contributed by atoms with Gasteiger partial charge < -0.3 is 43.6 Å². The lowest BCUT2D eigenvalue weighted by molar-refractivity contribution is -0.134. The van der Waals surface area contributed by atoms with Crippen LogP contribution in [0.3, 0.4) is 0 Å². The number of benzene rings is 2. The van der Waals surface area contributed by atoms with Crippen LogP contribution < -0.4 is 38.9 Å². The first-order chi connectivity index (χ1) is 24.0. The molecule has 14 nitrogen and oxygen atoms in total. The molecule has 0 saturated heterocycles. The van der Waals surface area contributed by atoms with Gasteiger partial charge in [0, 0.05) is 24.6 Å². The van der Waals surface area contributed by atoms with E-state index in [9.17, 15) is 19.2 Å². The molecule has 3 atom stereocenters. The molecule has 1 saturated carbocycles. The van der Waals surface area contributed by atoms with E-state index in [1.165, 1.54) is 0 Å². The Bertz CT molecular complexity index is 1430. The number of alkyl carbamates (subject to hydrolysis) is 1. The molecule has 0 heterocycles. The molecule has 2 aromatic carbocycles. The second kappa shape index (κ2) is 21.1. The number of nitrogens with zero attached hydrogens (tertiary/aromatic N) is 1. The Morgan fingerprint density at radius 2 is 1.46 bits per heavy atom. The predicted molar refractivity (Wildman–Crippen MR) is 193 cm³/mol. The van der Waals surface area contributed by atoms with Crippen LogP contribution in [0, 0.1) is 17.2 Å². The number of hydrogen-bond donors (Lipinski definition) is 8. The molecule has 1 aliphatic rings. The predicted octanol–water partition coefficient (Wildman–Crippen LogP) is 2.31. The van der Waals surface area contributed by atoms with E-state index in [1.807, 2.05) is 42.5 Å². The molecular formula is C36H53N9O5. The third-order valence-corrected chi connectivity index (χ3v) is 8.92. The van der Waals surface area contributed by atoms with Crippen LogP contribution in [0.5, 0.6) is 0 Å². The number of carbonyl (C=O) groups is 4. The molecule has 3 rings (SSSR count). The van der Waals surface area contributed by atoms with E-state index in [-0.39, 0.29) is 55.5 Å². The molecule has 0 radical (unpaired) electrons. The molecular weight excluding hydrogens is 638 g/mol. The Labute approximate surface area is 294 Å². The summed E-state index contributed by atoms with van der Waals surface area (Å²) in [6, 6.07) is 14.7. The number of amidine groups is 1. The van der Waals surface area contributed by atoms with Gasteiger partial charge in [-0.25, -0.2) is 4.79 Å². The standard InChI is InChI=1S/C36H53N9O5/c37-31(38)27-18-16-24(17-19-27)22-28(26-12-5-2-6-13-26)33(47)45-30(34(48)44-29(32(39)46)15-9-21-42-35(40)41)14-7-8-20-43-36(49)50-23-25-10-3-1-4-11-25/h1,3-4,10-11,16-19,26,28-30H,2,5-9,12-15,20-23H2,(H3,37,38)(H2,39,46)(H,43,49)(H,44,48)(H,45,47)(H4,40,41,42)/t28-,29+,30+/m1/s1. The lowest BCUT2D eigenvalue weighted by Crippen LogP contribution is -2.54. The van der Waals surface area contributed by atoms with Crippen LogP contribution in [0.4, 0.5) is 4.79 Å². The molecule has 0 spiro atoms. The Kier molecular flexibility index (Phi) is 16.5. The van der Waals surface area contributed by atoms with E-state index >= 15 is 0 Å². The summed E-state index contributed by atoms with van der Waals surface area (Å²) in [6.07, 6.45) is 6.81. The van der Waals surface area contributed by atoms with Crippen molar-refractivity contribution in [3.63, 3.8) is 0 Å². The van der Waals surface area contributed by atoms with Crippen molar-refractivity contribution >= 4 is 35.6 Å². The van der Waals surface area contributed by atoms with E-state index in [1.54, 1.807) is 12.1 Å². The third kappa shape index (κ3) is 14.1. The van der Waals surface area contributed by atoms with E-state index in [2.05, 4.69) is 20.9 Å². The summed E-state index contributed by atoms with van der Waals surface area (Å²) in [5.74, 6) is -1.82. The highest BCUT2D eigenvalue weighted by Crippen LogP contribution is 2.32. The van der Waals surface area contributed by atoms with Gasteiger partial charge in [0.2, 0.25) is 17.7 Å². The van der Waals surface area contributed by atoms with E-state index in [0.29, 0.717) is 37.8 Å². The number of hydrogen-bond acceptors (Lipinski definition) is 7. The van der Waals surface area contributed by atoms with Crippen LogP contribution in [0.2, 0.25) is 0 Å². The Hall–Kier alpha value is -5.14. The van der Waals surface area contributed by atoms with Gasteiger partial charge in [-0.15, -0.1) is 0 Å². The Morgan fingerprint density at radius 3 is 2.10 bits per heavy atom. The normalized spacial score (nSPS) is 14.7. The molecule has 50 heavy (non-hydrogen) atoms. The molecule has 4 amide bonds. The zero-order valence-electron chi connectivity index (χ0n) is 28.7. The van der Waals surface area contributed by atoms with Crippen LogP contribution in [0.15, 0.2) is 59.6 Å². The second-order valence-corrected chi connectivity index (χ2v) is 12.8. The Morgan fingerprint density at radius 1 is 0.800 bits per heavy atom. The number of amides is 4. The average molecular weight is 692 g/mol. The topological polar surface area (TPSA) is 254 Å². The third-order valence-electron chi connectivity index (χ3n) is 8.92. The van der Waals surface area contributed by atoms with Gasteiger partial charge in [-0.05, 0) is 68.4 Å². The number of aliphatic imine (C=N–C) groups is 1. The molecule has 1 fully saturated rings. The molecule has 0 aliphatic heterocycles. The number of carbonyl (C=O) groups excluding carboxylic acids is 4. The maximum atomic E-state index is 14.0. The SMILES string of the molecule is N=C(N)c1ccc(C[C@@H](C(=O)N[C@@H](CCCCNC(=O)OCc2ccccc2)C(=O)N[C@@H](CCCN=C(N)N)C(N)=O)C2CCCCC2)cc1. The smallest absolute Gasteiger partial charge is 0.407 e. The first-order valence-electron chi connectivity index (χ1n) is 17.4. The number of rotatable bonds is 20. The minimum atomic E-state index is -0.980. The van der Waals surface area contributed by atoms with Gasteiger partial charge in [0.15, 0.2) is 5.96 Å². The maximum Gasteiger partial charge on any atom is 0.407 e. The van der Waals surface area contributed by atoms with Gasteiger partial charge in [-0.2, -0.15) is 0 Å². The minimum absolute atomic E-state index is 0.0308. The number of guanidine groups is 1. The van der Waals surface area contributed by atoms with E-state index in [0.717, 1.165) is 43.2 Å². The fraction of sp³-hybridized carbons (Fsp3) is 0.500. The lowest BCUT2D eigenvalue weighted by Gasteiger charge is -2.31. The fourth-order valence-electron chi connectivity index (χ4n) is 6.13. The van der Waals surface area contributed by atoms with Crippen LogP contribution in [0.1, 0.15) is 80.9 Å². The van der Waals surface area contributed by atoms with Crippen LogP contribution in [-0.4, -0.2) is 60.8 Å². The van der Waals surface area contributed by atoms with Crippen LogP contribution in [-0.2, 0) is 32.1 Å². The number of ether oxygens (including phenoxy) is 1. The van der Waals surface area contributed by atoms with Crippen molar-refractivity contribution < 1.29 is 23.9 Å². The van der Waals surface area contributed by atoms with Gasteiger partial charge in [-0.3, -0.25) is 24.8 Å². The Balaban J connectivity index is 1.68. The van der Waals surface area contributed by atoms with Crippen molar-refractivity contribution in [2.75, 3.05) is 13.1 Å². The molecule has 1 aliphatic carbocycles. The summed E-state index contributed by atoms with van der Waals surface area (Å²) >= 11 is 0. The van der Waals surface area contributed by atoms with Crippen molar-refractivity contribution in [2.45, 2.75) is 89.3 Å². The maximum absolute atomic E-state index is 14.0. The van der Waals surface area contributed by atoms with Crippen molar-refractivity contribution in [2.24, 2.45) is 39.8 Å². The summed E-state index contributed by atoms with van der Waals surface area (Å²) in [7, 11) is 0. The van der Waals surface area contributed by atoms with Crippen LogP contribution in [0.25, 0.3) is 0 Å². The van der Waals surface area contributed by atoms with Gasteiger partial charge in [0.25, 0.3) is 0 Å². The molecule has 2 aromatic rings. The summed E-state index contributed by atoms with van der Waals surface area (Å²) in [4.78, 5) is 56.1. The van der Waals surface area contributed by atoms with Gasteiger partial charge in [0.1, 0.15) is 24.5 Å². The first-order valence-corrected chi connectivity index (χ1v) is 17.4. The molecule has 14 heteroatoms. The van der Waals surface area contributed by atoms with Gasteiger partial charge >= 0.3 is 6.09 Å². The molecule has 12 N–H and O–H groups in total. The summed E-state index contributed by atoms with van der Waals surface area (Å²) < 4.78 is 5.26. The fourth-order valence-corrected chi connectivity index (χ4v) is 6.13. The number of nitrogen functional groups attached to an aromatic ring is 1. The zero-order valence-corrected chi connectivity index (χ0v) is 28.7. The summed E-state index contributed by atoms with van der Waals surface area (Å²) in [6.45, 7) is 0.724. The highest BCUT2D eigenvalue weighted by molar-refractivity contribution is 5.95. The van der Waals surface area contributed by atoms with Crippen molar-refractivity contribution in [3.8, 4) is 0 Å². The number of unbranched alkanes of at least 4 members (excludes halogenated alkanes) is 1. The molecule has 0 bridgehead atoms. The highest BCUT2D eigenvalue weighted by atomic mass is 16.5. The molecule has 0 unspecified atom stereocenters. The highest BCUT2D eigenvalue weighted by Gasteiger charge is 2.33. The minimum Gasteiger partial charge on any atom is -0.445 e. The van der Waals surface area contributed by atoms with Gasteiger partial charge in [-0.1, -0.05) is 73.9 Å². The van der Waals surface area contributed by atoms with Crippen molar-refractivity contribution in [1.82, 2.24) is 16.0 Å². The quantitative estimate of drug-likeness (QED) is 0.0579. The molecule has 272 valence electrons.